The first-order valence-electron chi connectivity index (χ1n) is 10.1. The van der Waals surface area contributed by atoms with Crippen LogP contribution in [0.15, 0.2) is 0 Å². The first-order valence-corrected chi connectivity index (χ1v) is 10.9. The molecule has 2 atom stereocenters. The number of rotatable bonds is 6. The number of nitrogens with one attached hydrogen (secondary N) is 1. The molecular formula is C21H27NO6S. The van der Waals surface area contributed by atoms with Crippen LogP contribution < -0.4 is 5.32 Å². The molecule has 158 valence electrons. The molecule has 0 spiro atoms. The lowest BCUT2D eigenvalue weighted by atomic mass is 9.67. The molecule has 2 unspecified atom stereocenters. The van der Waals surface area contributed by atoms with Gasteiger partial charge in [-0.25, -0.2) is 4.79 Å². The molecule has 0 aliphatic heterocycles. The zero-order chi connectivity index (χ0) is 21.1. The number of anilines is 1. The smallest absolute Gasteiger partial charge is 0.341 e. The number of esters is 2. The van der Waals surface area contributed by atoms with Gasteiger partial charge in [0, 0.05) is 16.7 Å². The van der Waals surface area contributed by atoms with Crippen molar-refractivity contribution in [3.8, 4) is 0 Å². The van der Waals surface area contributed by atoms with E-state index in [1.54, 1.807) is 13.8 Å². The van der Waals surface area contributed by atoms with E-state index >= 15 is 0 Å². The number of Topliss-reactive ketones (excluding diaryl/α,β-unsaturated/α-hetero) is 1. The van der Waals surface area contributed by atoms with Gasteiger partial charge in [-0.2, -0.15) is 0 Å². The number of ether oxygens (including phenoxy) is 2. The molecule has 7 nitrogen and oxygen atoms in total. The molecule has 3 rings (SSSR count). The predicted octanol–water partition coefficient (Wildman–Crippen LogP) is 3.42. The fourth-order valence-corrected chi connectivity index (χ4v) is 5.32. The molecule has 0 radical (unpaired) electrons. The third kappa shape index (κ3) is 4.69. The maximum absolute atomic E-state index is 12.4. The fraction of sp³-hybridized carbons (Fsp3) is 0.619. The van der Waals surface area contributed by atoms with Gasteiger partial charge in [0.15, 0.2) is 6.61 Å². The highest BCUT2D eigenvalue weighted by Gasteiger charge is 2.41. The summed E-state index contributed by atoms with van der Waals surface area (Å²) in [5.41, 5.74) is 1.10. The van der Waals surface area contributed by atoms with Crippen LogP contribution in [0.5, 0.6) is 0 Å². The number of hydrogen-bond donors (Lipinski definition) is 1. The van der Waals surface area contributed by atoms with Gasteiger partial charge in [0.2, 0.25) is 0 Å². The lowest BCUT2D eigenvalue weighted by molar-refractivity contribution is -0.155. The van der Waals surface area contributed by atoms with E-state index < -0.39 is 24.5 Å². The predicted molar refractivity (Wildman–Crippen MR) is 108 cm³/mol. The Morgan fingerprint density at radius 3 is 2.38 bits per heavy atom. The number of carbonyl (C=O) groups is 4. The molecule has 2 bridgehead atoms. The highest BCUT2D eigenvalue weighted by molar-refractivity contribution is 7.16. The quantitative estimate of drug-likeness (QED) is 0.707. The Morgan fingerprint density at radius 2 is 1.76 bits per heavy atom. The SMILES string of the molecule is CCOC(=O)c1c(NC(=O)COC(=O)C2CC3CCCC(C2)C3=O)sc(C)c1C. The maximum Gasteiger partial charge on any atom is 0.341 e. The number of amides is 1. The van der Waals surface area contributed by atoms with Crippen molar-refractivity contribution in [2.45, 2.75) is 52.9 Å². The van der Waals surface area contributed by atoms with Crippen LogP contribution in [0.2, 0.25) is 0 Å². The van der Waals surface area contributed by atoms with Crippen molar-refractivity contribution in [2.75, 3.05) is 18.5 Å². The van der Waals surface area contributed by atoms with Crippen molar-refractivity contribution >= 4 is 40.0 Å². The monoisotopic (exact) mass is 421 g/mol. The van der Waals surface area contributed by atoms with E-state index in [0.29, 0.717) is 23.4 Å². The first-order chi connectivity index (χ1) is 13.8. The summed E-state index contributed by atoms with van der Waals surface area (Å²) in [7, 11) is 0. The number of fused-ring (bicyclic) bond motifs is 2. The summed E-state index contributed by atoms with van der Waals surface area (Å²) in [5.74, 6) is -1.53. The number of aryl methyl sites for hydroxylation is 1. The van der Waals surface area contributed by atoms with Crippen LogP contribution in [0, 0.1) is 31.6 Å². The molecule has 0 aromatic carbocycles. The lowest BCUT2D eigenvalue weighted by Gasteiger charge is -2.36. The van der Waals surface area contributed by atoms with Crippen LogP contribution in [0.3, 0.4) is 0 Å². The second-order valence-electron chi connectivity index (χ2n) is 7.76. The number of thiophene rings is 1. The molecule has 2 aliphatic carbocycles. The van der Waals surface area contributed by atoms with Crippen LogP contribution >= 0.6 is 11.3 Å². The molecule has 2 aliphatic rings. The second kappa shape index (κ2) is 9.07. The molecule has 1 aromatic heterocycles. The van der Waals surface area contributed by atoms with Gasteiger partial charge < -0.3 is 14.8 Å². The summed E-state index contributed by atoms with van der Waals surface area (Å²) in [5, 5.41) is 3.06. The summed E-state index contributed by atoms with van der Waals surface area (Å²) >= 11 is 1.29. The van der Waals surface area contributed by atoms with Gasteiger partial charge in [-0.15, -0.1) is 11.3 Å². The first kappa shape index (κ1) is 21.5. The minimum absolute atomic E-state index is 0.0434. The third-order valence-electron chi connectivity index (χ3n) is 5.84. The van der Waals surface area contributed by atoms with Crippen molar-refractivity contribution in [3.05, 3.63) is 16.0 Å². The molecule has 1 amide bonds. The average molecular weight is 422 g/mol. The molecule has 1 heterocycles. The van der Waals surface area contributed by atoms with Gasteiger partial charge in [-0.05, 0) is 52.0 Å². The Bertz CT molecular complexity index is 813. The topological polar surface area (TPSA) is 98.8 Å². The van der Waals surface area contributed by atoms with Crippen LogP contribution in [0.4, 0.5) is 5.00 Å². The molecule has 2 saturated carbocycles. The molecule has 29 heavy (non-hydrogen) atoms. The van der Waals surface area contributed by atoms with Crippen LogP contribution in [-0.2, 0) is 23.9 Å². The lowest BCUT2D eigenvalue weighted by Crippen LogP contribution is -2.40. The van der Waals surface area contributed by atoms with Gasteiger partial charge in [0.25, 0.3) is 5.91 Å². The van der Waals surface area contributed by atoms with Crippen LogP contribution in [0.1, 0.15) is 59.8 Å². The van der Waals surface area contributed by atoms with E-state index in [1.165, 1.54) is 11.3 Å². The van der Waals surface area contributed by atoms with Crippen molar-refractivity contribution in [1.29, 1.82) is 0 Å². The number of carbonyl (C=O) groups excluding carboxylic acids is 4. The van der Waals surface area contributed by atoms with E-state index in [9.17, 15) is 19.2 Å². The normalized spacial score (nSPS) is 23.4. The Morgan fingerprint density at radius 1 is 1.10 bits per heavy atom. The largest absolute Gasteiger partial charge is 0.462 e. The molecule has 1 aromatic rings. The van der Waals surface area contributed by atoms with E-state index in [4.69, 9.17) is 9.47 Å². The van der Waals surface area contributed by atoms with Gasteiger partial charge >= 0.3 is 11.9 Å². The van der Waals surface area contributed by atoms with E-state index in [0.717, 1.165) is 29.7 Å². The number of hydrogen-bond acceptors (Lipinski definition) is 7. The highest BCUT2D eigenvalue weighted by Crippen LogP contribution is 2.40. The van der Waals surface area contributed by atoms with E-state index in [1.807, 2.05) is 6.92 Å². The van der Waals surface area contributed by atoms with Gasteiger partial charge in [0.1, 0.15) is 10.8 Å². The summed E-state index contributed by atoms with van der Waals surface area (Å²) < 4.78 is 10.3. The minimum atomic E-state index is -0.503. The van der Waals surface area contributed by atoms with Crippen LogP contribution in [-0.4, -0.2) is 36.8 Å². The molecule has 0 saturated heterocycles. The molecular weight excluding hydrogens is 394 g/mol. The second-order valence-corrected chi connectivity index (χ2v) is 8.98. The summed E-state index contributed by atoms with van der Waals surface area (Å²) in [6.45, 7) is 5.20. The highest BCUT2D eigenvalue weighted by atomic mass is 32.1. The Kier molecular flexibility index (Phi) is 6.72. The standard InChI is InChI=1S/C21H27NO6S/c1-4-27-21(26)17-11(2)12(3)29-19(17)22-16(23)10-28-20(25)15-8-13-6-5-7-14(9-15)18(13)24/h13-15H,4-10H2,1-3H3,(H,22,23). The van der Waals surface area contributed by atoms with Crippen molar-refractivity contribution in [3.63, 3.8) is 0 Å². The van der Waals surface area contributed by atoms with Crippen molar-refractivity contribution in [2.24, 2.45) is 17.8 Å². The zero-order valence-corrected chi connectivity index (χ0v) is 17.9. The van der Waals surface area contributed by atoms with Gasteiger partial charge in [-0.3, -0.25) is 14.4 Å². The van der Waals surface area contributed by atoms with Crippen molar-refractivity contribution < 1.29 is 28.7 Å². The van der Waals surface area contributed by atoms with Crippen molar-refractivity contribution in [1.82, 2.24) is 0 Å². The van der Waals surface area contributed by atoms with E-state index in [-0.39, 0.29) is 30.1 Å². The van der Waals surface area contributed by atoms with Gasteiger partial charge in [-0.1, -0.05) is 6.42 Å². The molecule has 1 N–H and O–H groups in total. The molecule has 8 heteroatoms. The summed E-state index contributed by atoms with van der Waals surface area (Å²) in [4.78, 5) is 50.0. The van der Waals surface area contributed by atoms with Gasteiger partial charge in [0.05, 0.1) is 18.1 Å². The Labute approximate surface area is 174 Å². The summed E-state index contributed by atoms with van der Waals surface area (Å²) in [6.07, 6.45) is 3.76. The zero-order valence-electron chi connectivity index (χ0n) is 17.0. The maximum atomic E-state index is 12.4. The minimum Gasteiger partial charge on any atom is -0.462 e. The summed E-state index contributed by atoms with van der Waals surface area (Å²) in [6, 6.07) is 0. The number of ketones is 1. The third-order valence-corrected chi connectivity index (χ3v) is 6.97. The fourth-order valence-electron chi connectivity index (χ4n) is 4.25. The Balaban J connectivity index is 1.57. The Hall–Kier alpha value is -2.22. The van der Waals surface area contributed by atoms with Crippen LogP contribution in [0.25, 0.3) is 0 Å². The molecule has 2 fully saturated rings. The average Bonchev–Trinajstić information content (AvgIpc) is 2.93. The van der Waals surface area contributed by atoms with E-state index in [2.05, 4.69) is 5.32 Å².